The molecule has 2 N–H and O–H groups in total. The number of amides is 1. The molecule has 3 aliphatic rings. The number of ether oxygens (including phenoxy) is 2. The van der Waals surface area contributed by atoms with Crippen LogP contribution in [0.1, 0.15) is 23.3 Å². The molecule has 0 bridgehead atoms. The molecule has 1 saturated carbocycles. The summed E-state index contributed by atoms with van der Waals surface area (Å²) < 4.78 is 12.6. The normalized spacial score (nSPS) is 27.8. The maximum absolute atomic E-state index is 12.5. The van der Waals surface area contributed by atoms with Gasteiger partial charge in [0.1, 0.15) is 6.17 Å². The second kappa shape index (κ2) is 4.47. The number of hydrogen-bond acceptors (Lipinski definition) is 6. The number of nitrogens with one attached hydrogen (secondary N) is 1. The van der Waals surface area contributed by atoms with Gasteiger partial charge in [0.15, 0.2) is 17.7 Å². The summed E-state index contributed by atoms with van der Waals surface area (Å²) in [5.41, 5.74) is 2.40. The third-order valence-corrected chi connectivity index (χ3v) is 3.86. The van der Waals surface area contributed by atoms with E-state index in [1.54, 1.807) is 0 Å². The first-order valence-electron chi connectivity index (χ1n) is 6.92. The largest absolute Gasteiger partial charge is 0.502 e. The third kappa shape index (κ3) is 2.07. The fourth-order valence-corrected chi connectivity index (χ4v) is 2.60. The molecular weight excluding hydrogens is 278 g/mol. The molecule has 2 aliphatic heterocycles. The number of aromatic nitrogens is 1. The van der Waals surface area contributed by atoms with Crippen molar-refractivity contribution >= 4 is 5.91 Å². The molecule has 21 heavy (non-hydrogen) atoms. The smallest absolute Gasteiger partial charge is 0.278 e. The molecule has 2 fully saturated rings. The van der Waals surface area contributed by atoms with Crippen LogP contribution in [0.5, 0.6) is 5.75 Å². The molecule has 112 valence electrons. The van der Waals surface area contributed by atoms with Crippen LogP contribution in [0.15, 0.2) is 17.1 Å². The summed E-state index contributed by atoms with van der Waals surface area (Å²) in [6.07, 6.45) is 2.90. The number of pyridine rings is 1. The van der Waals surface area contributed by atoms with Crippen molar-refractivity contribution in [3.05, 3.63) is 28.2 Å². The van der Waals surface area contributed by atoms with Crippen LogP contribution in [0.3, 0.4) is 0 Å². The van der Waals surface area contributed by atoms with Gasteiger partial charge in [-0.2, -0.15) is 0 Å². The highest BCUT2D eigenvalue weighted by Crippen LogP contribution is 2.28. The van der Waals surface area contributed by atoms with E-state index in [9.17, 15) is 14.7 Å². The topological polar surface area (TPSA) is 93.0 Å². The maximum atomic E-state index is 12.5. The number of morpholine rings is 1. The Morgan fingerprint density at radius 3 is 2.95 bits per heavy atom. The van der Waals surface area contributed by atoms with Crippen LogP contribution in [0.2, 0.25) is 0 Å². The first kappa shape index (κ1) is 12.7. The molecule has 1 aromatic heterocycles. The van der Waals surface area contributed by atoms with Gasteiger partial charge in [0.05, 0.1) is 19.3 Å². The molecule has 4 rings (SSSR count). The molecule has 0 aromatic carbocycles. The van der Waals surface area contributed by atoms with Gasteiger partial charge in [-0.3, -0.25) is 14.3 Å². The zero-order valence-electron chi connectivity index (χ0n) is 11.2. The zero-order valence-corrected chi connectivity index (χ0v) is 11.2. The first-order chi connectivity index (χ1) is 10.1. The summed E-state index contributed by atoms with van der Waals surface area (Å²) in [6.45, 7) is 0.560. The first-order valence-corrected chi connectivity index (χ1v) is 6.92. The van der Waals surface area contributed by atoms with Gasteiger partial charge in [0.2, 0.25) is 5.43 Å². The van der Waals surface area contributed by atoms with E-state index in [1.807, 2.05) is 0 Å². The van der Waals surface area contributed by atoms with Crippen LogP contribution in [-0.4, -0.2) is 52.3 Å². The van der Waals surface area contributed by atoms with Crippen molar-refractivity contribution < 1.29 is 19.4 Å². The Kier molecular flexibility index (Phi) is 2.69. The van der Waals surface area contributed by atoms with Gasteiger partial charge < -0.3 is 24.9 Å². The molecule has 3 heterocycles. The number of fused-ring (bicyclic) bond motifs is 2. The molecule has 1 unspecified atom stereocenters. The quantitative estimate of drug-likeness (QED) is 0.757. The van der Waals surface area contributed by atoms with Crippen LogP contribution in [-0.2, 0) is 9.47 Å². The molecule has 2 atom stereocenters. The number of hydrogen-bond donors (Lipinski definition) is 2. The molecule has 1 saturated heterocycles. The minimum atomic E-state index is -0.575. The predicted molar refractivity (Wildman–Crippen MR) is 70.4 cm³/mol. The van der Waals surface area contributed by atoms with Crippen LogP contribution in [0, 0.1) is 0 Å². The molecular formula is C13H15N3O5. The summed E-state index contributed by atoms with van der Waals surface area (Å²) in [5, 5.41) is 9.84. The second-order valence-electron chi connectivity index (χ2n) is 5.45. The van der Waals surface area contributed by atoms with Gasteiger partial charge in [0.25, 0.3) is 5.91 Å². The van der Waals surface area contributed by atoms with Crippen molar-refractivity contribution in [1.82, 2.24) is 9.58 Å². The van der Waals surface area contributed by atoms with E-state index in [2.05, 4.69) is 5.43 Å². The Bertz CT molecular complexity index is 654. The zero-order chi connectivity index (χ0) is 14.6. The van der Waals surface area contributed by atoms with Gasteiger partial charge in [-0.1, -0.05) is 0 Å². The number of carbonyl (C=O) groups excluding carboxylic acids is 1. The van der Waals surface area contributed by atoms with E-state index in [4.69, 9.17) is 9.47 Å². The average Bonchev–Trinajstić information content (AvgIpc) is 3.28. The molecule has 0 radical (unpaired) electrons. The van der Waals surface area contributed by atoms with E-state index >= 15 is 0 Å². The summed E-state index contributed by atoms with van der Waals surface area (Å²) in [4.78, 5) is 25.6. The van der Waals surface area contributed by atoms with Crippen molar-refractivity contribution in [1.29, 1.82) is 0 Å². The Morgan fingerprint density at radius 2 is 2.19 bits per heavy atom. The van der Waals surface area contributed by atoms with Crippen LogP contribution < -0.4 is 10.9 Å². The third-order valence-electron chi connectivity index (χ3n) is 3.86. The predicted octanol–water partition coefficient (Wildman–Crippen LogP) is -0.585. The van der Waals surface area contributed by atoms with Gasteiger partial charge in [-0.05, 0) is 12.8 Å². The summed E-state index contributed by atoms with van der Waals surface area (Å²) in [6, 6.07) is 1.21. The van der Waals surface area contributed by atoms with E-state index in [-0.39, 0.29) is 31.1 Å². The molecule has 1 aliphatic carbocycles. The van der Waals surface area contributed by atoms with Crippen LogP contribution in [0.4, 0.5) is 0 Å². The number of nitrogens with zero attached hydrogens (tertiary/aromatic N) is 2. The number of aromatic hydroxyl groups is 1. The molecule has 0 spiro atoms. The second-order valence-corrected chi connectivity index (χ2v) is 5.45. The lowest BCUT2D eigenvalue weighted by Crippen LogP contribution is -2.61. The lowest BCUT2D eigenvalue weighted by atomic mass is 10.2. The Morgan fingerprint density at radius 1 is 1.38 bits per heavy atom. The standard InChI is InChI=1S/C13H15N3O5/c17-8-3-4-16-11(12(8)18)13(19)15-5-10(21-7-1-2-7)20-6-9(15)14-16/h3-4,7,9-10,14,18H,1-2,5-6H2/t9-,10?/m0/s1. The summed E-state index contributed by atoms with van der Waals surface area (Å²) in [5.74, 6) is -0.943. The van der Waals surface area contributed by atoms with Crippen LogP contribution in [0.25, 0.3) is 0 Å². The lowest BCUT2D eigenvalue weighted by Gasteiger charge is -2.43. The van der Waals surface area contributed by atoms with Crippen molar-refractivity contribution in [2.75, 3.05) is 18.6 Å². The molecule has 8 nitrogen and oxygen atoms in total. The molecule has 1 amide bonds. The highest BCUT2D eigenvalue weighted by Gasteiger charge is 2.41. The van der Waals surface area contributed by atoms with Crippen molar-refractivity contribution in [2.24, 2.45) is 0 Å². The van der Waals surface area contributed by atoms with Crippen LogP contribution >= 0.6 is 0 Å². The minimum Gasteiger partial charge on any atom is -0.502 e. The van der Waals surface area contributed by atoms with Crippen molar-refractivity contribution in [3.8, 4) is 5.75 Å². The lowest BCUT2D eigenvalue weighted by molar-refractivity contribution is -0.191. The van der Waals surface area contributed by atoms with E-state index in [0.29, 0.717) is 0 Å². The van der Waals surface area contributed by atoms with Crippen molar-refractivity contribution in [2.45, 2.75) is 31.4 Å². The fourth-order valence-electron chi connectivity index (χ4n) is 2.60. The summed E-state index contributed by atoms with van der Waals surface area (Å²) >= 11 is 0. The highest BCUT2D eigenvalue weighted by atomic mass is 16.7. The SMILES string of the molecule is O=C1c2c(O)c(=O)ccn2N[C@@H]2COC(OC3CC3)CN12. The van der Waals surface area contributed by atoms with Gasteiger partial charge in [-0.25, -0.2) is 0 Å². The fraction of sp³-hybridized carbons (Fsp3) is 0.538. The Balaban J connectivity index is 1.63. The Labute approximate surface area is 119 Å². The van der Waals surface area contributed by atoms with Gasteiger partial charge >= 0.3 is 0 Å². The average molecular weight is 293 g/mol. The van der Waals surface area contributed by atoms with Gasteiger partial charge in [0, 0.05) is 12.3 Å². The molecule has 1 aromatic rings. The Hall–Kier alpha value is -2.06. The number of rotatable bonds is 2. The van der Waals surface area contributed by atoms with E-state index in [1.165, 1.54) is 21.8 Å². The van der Waals surface area contributed by atoms with E-state index in [0.717, 1.165) is 12.8 Å². The number of carbonyl (C=O) groups is 1. The van der Waals surface area contributed by atoms with E-state index < -0.39 is 23.4 Å². The molecule has 8 heteroatoms. The van der Waals surface area contributed by atoms with Gasteiger partial charge in [-0.15, -0.1) is 0 Å². The summed E-state index contributed by atoms with van der Waals surface area (Å²) in [7, 11) is 0. The minimum absolute atomic E-state index is 0.0502. The highest BCUT2D eigenvalue weighted by molar-refractivity contribution is 5.96. The van der Waals surface area contributed by atoms with Crippen molar-refractivity contribution in [3.63, 3.8) is 0 Å². The monoisotopic (exact) mass is 293 g/mol. The maximum Gasteiger partial charge on any atom is 0.278 e.